The molecule has 2 N–H and O–H groups in total. The van der Waals surface area contributed by atoms with E-state index in [9.17, 15) is 14.7 Å². The van der Waals surface area contributed by atoms with Gasteiger partial charge in [0.15, 0.2) is 0 Å². The minimum absolute atomic E-state index is 0.0475. The van der Waals surface area contributed by atoms with Gasteiger partial charge in [0.25, 0.3) is 0 Å². The van der Waals surface area contributed by atoms with Crippen molar-refractivity contribution in [3.8, 4) is 0 Å². The summed E-state index contributed by atoms with van der Waals surface area (Å²) >= 11 is 17.3. The van der Waals surface area contributed by atoms with Gasteiger partial charge >= 0.3 is 12.2 Å². The quantitative estimate of drug-likeness (QED) is 0.0229. The van der Waals surface area contributed by atoms with Crippen LogP contribution in [0.15, 0.2) is 37.1 Å². The molecule has 0 unspecified atom stereocenters. The molecule has 1 aliphatic heterocycles. The first-order chi connectivity index (χ1) is 26.1. The van der Waals surface area contributed by atoms with Crippen molar-refractivity contribution in [3.05, 3.63) is 37.1 Å². The number of rotatable bonds is 31. The van der Waals surface area contributed by atoms with E-state index in [0.717, 1.165) is 38.5 Å². The first kappa shape index (κ1) is 50.3. The van der Waals surface area contributed by atoms with E-state index in [0.29, 0.717) is 13.0 Å². The molecule has 314 valence electrons. The van der Waals surface area contributed by atoms with Gasteiger partial charge in [-0.25, -0.2) is 9.59 Å². The summed E-state index contributed by atoms with van der Waals surface area (Å²) in [6.45, 7) is 9.57. The minimum Gasteiger partial charge on any atom is -0.471 e. The predicted octanol–water partition coefficient (Wildman–Crippen LogP) is 10.4. The largest absolute Gasteiger partial charge is 0.508 e. The number of allylic oxidation sites excluding steroid dienone is 3. The van der Waals surface area contributed by atoms with E-state index < -0.39 is 53.3 Å². The smallest absolute Gasteiger partial charge is 0.471 e. The molecule has 0 aliphatic carbocycles. The zero-order valence-corrected chi connectivity index (χ0v) is 35.1. The molecule has 0 saturated carbocycles. The highest BCUT2D eigenvalue weighted by atomic mass is 35.6. The first-order valence-electron chi connectivity index (χ1n) is 19.9. The lowest BCUT2D eigenvalue weighted by Gasteiger charge is -2.43. The average Bonchev–Trinajstić information content (AvgIpc) is 3.14. The van der Waals surface area contributed by atoms with Gasteiger partial charge in [0, 0.05) is 13.2 Å². The van der Waals surface area contributed by atoms with E-state index in [2.05, 4.69) is 37.9 Å². The molecule has 1 aliphatic rings. The summed E-state index contributed by atoms with van der Waals surface area (Å²) in [6.07, 6.45) is 21.4. The van der Waals surface area contributed by atoms with E-state index in [1.807, 2.05) is 0 Å². The van der Waals surface area contributed by atoms with Crippen molar-refractivity contribution in [1.82, 2.24) is 5.32 Å². The van der Waals surface area contributed by atoms with Gasteiger partial charge in [-0.15, -0.1) is 0 Å². The lowest BCUT2D eigenvalue weighted by Crippen LogP contribution is -2.65. The maximum absolute atomic E-state index is 12.8. The number of carbonyl (C=O) groups excluding carboxylic acids is 2. The Morgan fingerprint density at radius 3 is 2.17 bits per heavy atom. The number of unbranched alkanes of at least 4 members (excludes halogenated alkanes) is 12. The van der Waals surface area contributed by atoms with Gasteiger partial charge in [0.1, 0.15) is 44.2 Å². The lowest BCUT2D eigenvalue weighted by atomic mass is 9.96. The molecule has 11 nitrogen and oxygen atoms in total. The Morgan fingerprint density at radius 1 is 0.870 bits per heavy atom. The van der Waals surface area contributed by atoms with E-state index in [1.54, 1.807) is 13.0 Å². The highest BCUT2D eigenvalue weighted by Gasteiger charge is 2.48. The lowest BCUT2D eigenvalue weighted by molar-refractivity contribution is -0.264. The number of hydrogen-bond acceptors (Lipinski definition) is 10. The fourth-order valence-electron chi connectivity index (χ4n) is 5.84. The summed E-state index contributed by atoms with van der Waals surface area (Å²) in [5, 5.41) is 14.1. The third kappa shape index (κ3) is 25.4. The molecule has 1 rings (SSSR count). The van der Waals surface area contributed by atoms with E-state index in [1.165, 1.54) is 76.5 Å². The number of amides is 1. The van der Waals surface area contributed by atoms with Crippen LogP contribution in [0.3, 0.4) is 0 Å². The Bertz CT molecular complexity index is 1030. The molecule has 0 spiro atoms. The van der Waals surface area contributed by atoms with E-state index >= 15 is 0 Å². The van der Waals surface area contributed by atoms with Crippen molar-refractivity contribution in [2.75, 3.05) is 33.0 Å². The number of nitrogens with one attached hydrogen (secondary N) is 1. The number of aliphatic hydroxyl groups is 1. The summed E-state index contributed by atoms with van der Waals surface area (Å²) in [7, 11) is 0. The van der Waals surface area contributed by atoms with Crippen LogP contribution in [0.4, 0.5) is 9.59 Å². The summed E-state index contributed by atoms with van der Waals surface area (Å²) in [5.41, 5.74) is 0. The second-order valence-corrected chi connectivity index (χ2v) is 16.0. The van der Waals surface area contributed by atoms with Crippen LogP contribution in [0.5, 0.6) is 0 Å². The van der Waals surface area contributed by atoms with Gasteiger partial charge in [0.2, 0.25) is 10.1 Å². The van der Waals surface area contributed by atoms with Crippen LogP contribution < -0.4 is 5.32 Å². The number of alkyl halides is 3. The Kier molecular flexibility index (Phi) is 30.1. The molecular weight excluding hydrogens is 761 g/mol. The van der Waals surface area contributed by atoms with Gasteiger partial charge in [0.05, 0.1) is 12.4 Å². The molecule has 0 radical (unpaired) electrons. The van der Waals surface area contributed by atoms with Crippen LogP contribution in [0, 0.1) is 0 Å². The predicted molar refractivity (Wildman–Crippen MR) is 215 cm³/mol. The van der Waals surface area contributed by atoms with Crippen molar-refractivity contribution >= 4 is 47.1 Å². The number of alkyl carbamates (subject to hydrolysis) is 1. The topological polar surface area (TPSA) is 131 Å². The molecule has 54 heavy (non-hydrogen) atoms. The Balaban J connectivity index is 2.91. The third-order valence-corrected chi connectivity index (χ3v) is 9.08. The molecule has 1 fully saturated rings. The Hall–Kier alpha value is -1.73. The summed E-state index contributed by atoms with van der Waals surface area (Å²) < 4.78 is 37.7. The highest BCUT2D eigenvalue weighted by Crippen LogP contribution is 2.28. The van der Waals surface area contributed by atoms with Gasteiger partial charge in [-0.1, -0.05) is 144 Å². The molecule has 0 aromatic heterocycles. The van der Waals surface area contributed by atoms with Crippen molar-refractivity contribution in [2.45, 2.75) is 170 Å². The van der Waals surface area contributed by atoms with Gasteiger partial charge < -0.3 is 43.6 Å². The van der Waals surface area contributed by atoms with Gasteiger partial charge in [-0.05, 0) is 51.9 Å². The van der Waals surface area contributed by atoms with Crippen LogP contribution in [-0.4, -0.2) is 90.9 Å². The van der Waals surface area contributed by atoms with Crippen LogP contribution in [0.1, 0.15) is 130 Å². The molecule has 1 heterocycles. The molecule has 0 aromatic rings. The highest BCUT2D eigenvalue weighted by molar-refractivity contribution is 6.67. The molecular formula is C40H68Cl3NO10. The average molecular weight is 829 g/mol. The maximum Gasteiger partial charge on any atom is 0.508 e. The van der Waals surface area contributed by atoms with E-state index in [4.69, 9.17) is 68.0 Å². The van der Waals surface area contributed by atoms with Gasteiger partial charge in [-0.2, -0.15) is 0 Å². The Morgan fingerprint density at radius 2 is 1.52 bits per heavy atom. The van der Waals surface area contributed by atoms with Crippen molar-refractivity contribution in [3.63, 3.8) is 0 Å². The normalized spacial score (nSPS) is 20.9. The number of hydrogen-bond donors (Lipinski definition) is 2. The van der Waals surface area contributed by atoms with Crippen LogP contribution in [0.25, 0.3) is 0 Å². The van der Waals surface area contributed by atoms with Gasteiger partial charge in [-0.3, -0.25) is 0 Å². The SMILES string of the molecule is C=CCOC(=O)OC[C@H]1O[C@@H](OC=CC)[C@H](NC(=O)OCC(Cl)(Cl)Cl)[C@@H](OCC[C@@H](CCCCCCC)OCCCCCC/C=C\CCCCCC)[C@@H]1O. The number of aliphatic hydroxyl groups excluding tert-OH is 1. The van der Waals surface area contributed by atoms with Crippen molar-refractivity contribution in [2.24, 2.45) is 0 Å². The molecule has 0 bridgehead atoms. The second-order valence-electron chi connectivity index (χ2n) is 13.5. The molecule has 6 atom stereocenters. The van der Waals surface area contributed by atoms with Crippen LogP contribution in [0.2, 0.25) is 0 Å². The molecule has 14 heteroatoms. The van der Waals surface area contributed by atoms with Crippen LogP contribution in [-0.2, 0) is 33.2 Å². The first-order valence-corrected chi connectivity index (χ1v) is 21.1. The zero-order valence-electron chi connectivity index (χ0n) is 32.9. The fourth-order valence-corrected chi connectivity index (χ4v) is 6.00. The van der Waals surface area contributed by atoms with E-state index in [-0.39, 0.29) is 25.9 Å². The Labute approximate surface area is 339 Å². The minimum atomic E-state index is -1.84. The van der Waals surface area contributed by atoms with Crippen molar-refractivity contribution in [1.29, 1.82) is 0 Å². The second kappa shape index (κ2) is 32.4. The molecule has 1 amide bonds. The summed E-state index contributed by atoms with van der Waals surface area (Å²) in [5.74, 6) is 0. The number of ether oxygens (including phenoxy) is 7. The summed E-state index contributed by atoms with van der Waals surface area (Å²) in [4.78, 5) is 24.9. The number of halogens is 3. The zero-order chi connectivity index (χ0) is 39.9. The van der Waals surface area contributed by atoms with Crippen LogP contribution >= 0.6 is 34.8 Å². The maximum atomic E-state index is 12.8. The standard InChI is InChI=1S/C40H68Cl3NO10/c1-5-9-11-13-14-15-16-17-18-19-21-23-28-48-32(24-22-20-12-10-6-2)25-29-49-36-34(44-38(46)53-31-40(41,42)43)37(50-26-7-3)54-33(35(36)45)30-52-39(47)51-27-8-4/h7-8,15-16,26,32-37,45H,4-6,9-14,17-25,27-31H2,1-3H3,(H,44,46)/b16-15-,26-7?/t32-,33-,34-,35-,36-,37-/m1/s1. The van der Waals surface area contributed by atoms with Crippen molar-refractivity contribution < 1.29 is 47.9 Å². The molecule has 1 saturated heterocycles. The third-order valence-electron chi connectivity index (χ3n) is 8.75. The molecule has 0 aromatic carbocycles. The fraction of sp³-hybridized carbons (Fsp3) is 0.800. The monoisotopic (exact) mass is 827 g/mol. The summed E-state index contributed by atoms with van der Waals surface area (Å²) in [6, 6.07) is -1.08. The number of carbonyl (C=O) groups is 2.